The molecule has 3 nitrogen and oxygen atoms in total. The molecule has 0 radical (unpaired) electrons. The number of aryl methyl sites for hydroxylation is 3. The van der Waals surface area contributed by atoms with E-state index in [9.17, 15) is 4.79 Å². The predicted octanol–water partition coefficient (Wildman–Crippen LogP) is 2.37. The van der Waals surface area contributed by atoms with Gasteiger partial charge in [-0.2, -0.15) is 0 Å². The molecule has 2 rings (SSSR count). The number of hydrogen-bond acceptors (Lipinski definition) is 2. The topological polar surface area (TPSA) is 45.8 Å². The molecule has 1 N–H and O–H groups in total. The molecule has 3 heteroatoms. The van der Waals surface area contributed by atoms with Gasteiger partial charge in [-0.3, -0.25) is 0 Å². The molecule has 16 heavy (non-hydrogen) atoms. The third kappa shape index (κ3) is 2.81. The van der Waals surface area contributed by atoms with E-state index in [1.54, 1.807) is 6.92 Å². The first kappa shape index (κ1) is 11.1. The summed E-state index contributed by atoms with van der Waals surface area (Å²) < 4.78 is 0. The number of H-pyrrole nitrogens is 1. The second-order valence-corrected chi connectivity index (χ2v) is 4.36. The third-order valence-electron chi connectivity index (χ3n) is 2.90. The number of Topliss-reactive ketones (excluding diaryl/α,β-unsaturated/α-hetero) is 1. The van der Waals surface area contributed by atoms with Gasteiger partial charge in [0.25, 0.3) is 0 Å². The van der Waals surface area contributed by atoms with Crippen LogP contribution in [0.2, 0.25) is 0 Å². The Morgan fingerprint density at radius 3 is 2.88 bits per heavy atom. The summed E-state index contributed by atoms with van der Waals surface area (Å²) >= 11 is 0. The van der Waals surface area contributed by atoms with E-state index in [0.717, 1.165) is 37.9 Å². The fraction of sp³-hybridized carbons (Fsp3) is 0.538. The van der Waals surface area contributed by atoms with Crippen LogP contribution in [0.1, 0.15) is 43.4 Å². The van der Waals surface area contributed by atoms with Crippen LogP contribution in [0.5, 0.6) is 0 Å². The number of imidazole rings is 1. The summed E-state index contributed by atoms with van der Waals surface area (Å²) in [5, 5.41) is 0. The number of allylic oxidation sites excluding steroid dienone is 2. The smallest absolute Gasteiger partial charge is 0.130 e. The van der Waals surface area contributed by atoms with Gasteiger partial charge in [-0.1, -0.05) is 12.2 Å². The number of carbonyl (C=O) groups excluding carboxylic acids is 1. The maximum absolute atomic E-state index is 10.9. The molecule has 0 aliphatic heterocycles. The Kier molecular flexibility index (Phi) is 3.54. The minimum Gasteiger partial charge on any atom is -0.346 e. The largest absolute Gasteiger partial charge is 0.346 e. The number of nitrogens with one attached hydrogen (secondary N) is 1. The van der Waals surface area contributed by atoms with Crippen LogP contribution >= 0.6 is 0 Å². The molecule has 86 valence electrons. The highest BCUT2D eigenvalue weighted by atomic mass is 16.1. The second-order valence-electron chi connectivity index (χ2n) is 4.36. The SMILES string of the molecule is CC(=O)CCc1nc2c([nH]1)CC/C=C/CC2. The fourth-order valence-electron chi connectivity index (χ4n) is 2.01. The van der Waals surface area contributed by atoms with Gasteiger partial charge in [0.05, 0.1) is 5.69 Å². The number of hydrogen-bond donors (Lipinski definition) is 1. The molecule has 0 spiro atoms. The van der Waals surface area contributed by atoms with Gasteiger partial charge in [-0.15, -0.1) is 0 Å². The standard InChI is InChI=1S/C13H18N2O/c1-10(16)8-9-13-14-11-6-4-2-3-5-7-12(11)15-13/h2-3H,4-9H2,1H3,(H,14,15)/b3-2+. The van der Waals surface area contributed by atoms with Crippen LogP contribution < -0.4 is 0 Å². The summed E-state index contributed by atoms with van der Waals surface area (Å²) in [4.78, 5) is 18.9. The summed E-state index contributed by atoms with van der Waals surface area (Å²) in [5.74, 6) is 1.20. The highest BCUT2D eigenvalue weighted by Gasteiger charge is 2.10. The minimum atomic E-state index is 0.227. The van der Waals surface area contributed by atoms with E-state index in [4.69, 9.17) is 0 Å². The van der Waals surface area contributed by atoms with Crippen LogP contribution in [0.4, 0.5) is 0 Å². The monoisotopic (exact) mass is 218 g/mol. The quantitative estimate of drug-likeness (QED) is 0.792. The highest BCUT2D eigenvalue weighted by Crippen LogP contribution is 2.15. The Bertz CT molecular complexity index is 377. The number of aromatic nitrogens is 2. The Hall–Kier alpha value is -1.38. The summed E-state index contributed by atoms with van der Waals surface area (Å²) in [6, 6.07) is 0. The molecule has 0 saturated carbocycles. The molecule has 0 bridgehead atoms. The van der Waals surface area contributed by atoms with Crippen molar-refractivity contribution in [3.8, 4) is 0 Å². The Morgan fingerprint density at radius 2 is 2.12 bits per heavy atom. The third-order valence-corrected chi connectivity index (χ3v) is 2.90. The van der Waals surface area contributed by atoms with Crippen molar-refractivity contribution < 1.29 is 4.79 Å². The van der Waals surface area contributed by atoms with Gasteiger partial charge in [0, 0.05) is 18.5 Å². The lowest BCUT2D eigenvalue weighted by molar-refractivity contribution is -0.117. The van der Waals surface area contributed by atoms with Crippen molar-refractivity contribution in [3.63, 3.8) is 0 Å². The summed E-state index contributed by atoms with van der Waals surface area (Å²) in [6.45, 7) is 1.63. The van der Waals surface area contributed by atoms with E-state index < -0.39 is 0 Å². The van der Waals surface area contributed by atoms with E-state index in [2.05, 4.69) is 22.1 Å². The Morgan fingerprint density at radius 1 is 1.38 bits per heavy atom. The van der Waals surface area contributed by atoms with Gasteiger partial charge in [0.1, 0.15) is 11.6 Å². The second kappa shape index (κ2) is 5.10. The molecule has 1 aromatic rings. The first-order valence-corrected chi connectivity index (χ1v) is 5.97. The molecule has 1 aliphatic carbocycles. The van der Waals surface area contributed by atoms with Gasteiger partial charge in [-0.05, 0) is 32.6 Å². The Balaban J connectivity index is 2.06. The molecule has 1 aliphatic rings. The number of nitrogens with zero attached hydrogens (tertiary/aromatic N) is 1. The highest BCUT2D eigenvalue weighted by molar-refractivity contribution is 5.75. The maximum atomic E-state index is 10.9. The lowest BCUT2D eigenvalue weighted by atomic mass is 10.1. The average molecular weight is 218 g/mol. The van der Waals surface area contributed by atoms with E-state index in [-0.39, 0.29) is 5.78 Å². The molecule has 1 aromatic heterocycles. The molecule has 1 heterocycles. The van der Waals surface area contributed by atoms with Crippen molar-refractivity contribution >= 4 is 5.78 Å². The van der Waals surface area contributed by atoms with Crippen molar-refractivity contribution in [1.29, 1.82) is 0 Å². The minimum absolute atomic E-state index is 0.227. The van der Waals surface area contributed by atoms with Gasteiger partial charge < -0.3 is 9.78 Å². The van der Waals surface area contributed by atoms with Crippen LogP contribution in [-0.2, 0) is 24.1 Å². The van der Waals surface area contributed by atoms with Gasteiger partial charge >= 0.3 is 0 Å². The normalized spacial score (nSPS) is 17.3. The first-order chi connectivity index (χ1) is 7.75. The van der Waals surface area contributed by atoms with Crippen LogP contribution in [0.25, 0.3) is 0 Å². The van der Waals surface area contributed by atoms with Crippen molar-refractivity contribution in [2.45, 2.75) is 45.4 Å². The zero-order valence-corrected chi connectivity index (χ0v) is 9.75. The number of rotatable bonds is 3. The lowest BCUT2D eigenvalue weighted by Crippen LogP contribution is -1.95. The first-order valence-electron chi connectivity index (χ1n) is 5.97. The van der Waals surface area contributed by atoms with E-state index >= 15 is 0 Å². The maximum Gasteiger partial charge on any atom is 0.130 e. The molecular formula is C13H18N2O. The van der Waals surface area contributed by atoms with E-state index in [1.807, 2.05) is 0 Å². The van der Waals surface area contributed by atoms with E-state index in [0.29, 0.717) is 6.42 Å². The molecule has 0 unspecified atom stereocenters. The zero-order valence-electron chi connectivity index (χ0n) is 9.75. The molecule has 0 fully saturated rings. The van der Waals surface area contributed by atoms with Crippen molar-refractivity contribution in [2.75, 3.05) is 0 Å². The van der Waals surface area contributed by atoms with Crippen LogP contribution in [-0.4, -0.2) is 15.8 Å². The number of aromatic amines is 1. The lowest BCUT2D eigenvalue weighted by Gasteiger charge is -2.02. The van der Waals surface area contributed by atoms with Gasteiger partial charge in [0.2, 0.25) is 0 Å². The molecule has 0 saturated heterocycles. The fourth-order valence-corrected chi connectivity index (χ4v) is 2.01. The van der Waals surface area contributed by atoms with Crippen LogP contribution in [0, 0.1) is 0 Å². The average Bonchev–Trinajstić information content (AvgIpc) is 2.57. The summed E-state index contributed by atoms with van der Waals surface area (Å²) in [6.07, 6.45) is 10.0. The predicted molar refractivity (Wildman–Crippen MR) is 63.4 cm³/mol. The summed E-state index contributed by atoms with van der Waals surface area (Å²) in [7, 11) is 0. The molecule has 0 atom stereocenters. The number of carbonyl (C=O) groups is 1. The Labute approximate surface area is 96.0 Å². The van der Waals surface area contributed by atoms with Crippen LogP contribution in [0.15, 0.2) is 12.2 Å². The van der Waals surface area contributed by atoms with Gasteiger partial charge in [0.15, 0.2) is 0 Å². The zero-order chi connectivity index (χ0) is 11.4. The van der Waals surface area contributed by atoms with Crippen molar-refractivity contribution in [2.24, 2.45) is 0 Å². The van der Waals surface area contributed by atoms with Crippen molar-refractivity contribution in [1.82, 2.24) is 9.97 Å². The molecule has 0 aromatic carbocycles. The summed E-state index contributed by atoms with van der Waals surface area (Å²) in [5.41, 5.74) is 2.46. The van der Waals surface area contributed by atoms with Crippen LogP contribution in [0.3, 0.4) is 0 Å². The van der Waals surface area contributed by atoms with Crippen molar-refractivity contribution in [3.05, 3.63) is 29.4 Å². The number of ketones is 1. The number of fused-ring (bicyclic) bond motifs is 1. The van der Waals surface area contributed by atoms with Gasteiger partial charge in [-0.25, -0.2) is 4.98 Å². The van der Waals surface area contributed by atoms with E-state index in [1.165, 1.54) is 11.4 Å². The molecular weight excluding hydrogens is 200 g/mol. The molecule has 0 amide bonds.